The molecule has 1 aromatic carbocycles. The van der Waals surface area contributed by atoms with Gasteiger partial charge in [-0.15, -0.1) is 0 Å². The lowest BCUT2D eigenvalue weighted by molar-refractivity contribution is -0.251. The van der Waals surface area contributed by atoms with Crippen LogP contribution in [0.25, 0.3) is 0 Å². The minimum Gasteiger partial charge on any atom is -0.462 e. The van der Waals surface area contributed by atoms with Crippen LogP contribution in [0.15, 0.2) is 41.3 Å². The molecule has 0 heterocycles. The van der Waals surface area contributed by atoms with Crippen LogP contribution in [0.2, 0.25) is 0 Å². The zero-order valence-corrected chi connectivity index (χ0v) is 30.0. The number of aryl methyl sites for hydroxylation is 1. The molecule has 0 spiro atoms. The van der Waals surface area contributed by atoms with E-state index < -0.39 is 10.1 Å². The Bertz CT molecular complexity index is 1450. The number of carbonyl (C=O) groups excluding carboxylic acids is 1. The maximum absolute atomic E-state index is 13.4. The van der Waals surface area contributed by atoms with Gasteiger partial charge in [0.1, 0.15) is 6.10 Å². The monoisotopic (exact) mass is 638 g/mol. The summed E-state index contributed by atoms with van der Waals surface area (Å²) in [5, 5.41) is 0. The Labute approximate surface area is 273 Å². The molecule has 5 aliphatic rings. The molecule has 45 heavy (non-hydrogen) atoms. The van der Waals surface area contributed by atoms with Crippen molar-refractivity contribution in [1.29, 1.82) is 0 Å². The van der Waals surface area contributed by atoms with Gasteiger partial charge < -0.3 is 4.74 Å². The van der Waals surface area contributed by atoms with E-state index in [0.717, 1.165) is 44.1 Å². The molecular weight excluding hydrogens is 580 g/mol. The Morgan fingerprint density at radius 2 is 1.53 bits per heavy atom. The summed E-state index contributed by atoms with van der Waals surface area (Å²) in [6, 6.07) is 7.02. The van der Waals surface area contributed by atoms with Crippen LogP contribution < -0.4 is 0 Å². The van der Waals surface area contributed by atoms with Crippen molar-refractivity contribution >= 4 is 16.1 Å². The average Bonchev–Trinajstić information content (AvgIpc) is 3.34. The second-order valence-electron chi connectivity index (χ2n) is 17.5. The molecule has 0 radical (unpaired) electrons. The molecule has 0 N–H and O–H groups in total. The fourth-order valence-corrected chi connectivity index (χ4v) is 13.9. The van der Waals surface area contributed by atoms with E-state index in [1.807, 2.05) is 19.1 Å². The Morgan fingerprint density at radius 1 is 0.844 bits per heavy atom. The van der Waals surface area contributed by atoms with Crippen LogP contribution in [0.4, 0.5) is 0 Å². The predicted molar refractivity (Wildman–Crippen MR) is 179 cm³/mol. The molecule has 0 aliphatic heterocycles. The van der Waals surface area contributed by atoms with Gasteiger partial charge in [-0.05, 0) is 141 Å². The van der Waals surface area contributed by atoms with Crippen LogP contribution in [0.5, 0.6) is 0 Å². The Kier molecular flexibility index (Phi) is 8.08. The first-order valence-electron chi connectivity index (χ1n) is 17.7. The van der Waals surface area contributed by atoms with Gasteiger partial charge in [-0.3, -0.25) is 8.98 Å². The predicted octanol–water partition coefficient (Wildman–Crippen LogP) is 9.29. The number of rotatable bonds is 6. The average molecular weight is 639 g/mol. The lowest BCUT2D eigenvalue weighted by Gasteiger charge is -2.73. The summed E-state index contributed by atoms with van der Waals surface area (Å²) in [5.74, 6) is 2.31. The van der Waals surface area contributed by atoms with E-state index in [2.05, 4.69) is 48.1 Å². The Hall–Kier alpha value is -1.66. The van der Waals surface area contributed by atoms with Gasteiger partial charge >= 0.3 is 5.97 Å². The summed E-state index contributed by atoms with van der Waals surface area (Å²) in [4.78, 5) is 12.3. The first kappa shape index (κ1) is 33.2. The molecule has 0 saturated heterocycles. The van der Waals surface area contributed by atoms with E-state index in [-0.39, 0.29) is 50.7 Å². The summed E-state index contributed by atoms with van der Waals surface area (Å²) in [7, 11) is -3.83. The Balaban J connectivity index is 1.31. The molecular formula is C39H58O5S. The third-order valence-corrected chi connectivity index (χ3v) is 16.6. The second kappa shape index (κ2) is 10.9. The zero-order chi connectivity index (χ0) is 32.8. The lowest BCUT2D eigenvalue weighted by atomic mass is 9.32. The van der Waals surface area contributed by atoms with Crippen molar-refractivity contribution in [3.8, 4) is 0 Å². The lowest BCUT2D eigenvalue weighted by Crippen LogP contribution is -2.67. The van der Waals surface area contributed by atoms with Crippen molar-refractivity contribution in [2.24, 2.45) is 56.7 Å². The SMILES string of the molecule is C=C(C)[C@@H]1CC[C@@]2(COS(=O)(=O)c3ccc(C)cc3)CC[C@]3(C)[C@@H](CC[C@@H]4[C@]5(C)CC[C@@H](OC(C)=O)C(C)(C)[C@H]5CC[C@@]43C)C12. The van der Waals surface area contributed by atoms with E-state index in [0.29, 0.717) is 29.6 Å². The van der Waals surface area contributed by atoms with Gasteiger partial charge in [0.25, 0.3) is 10.1 Å². The maximum atomic E-state index is 13.4. The van der Waals surface area contributed by atoms with Crippen molar-refractivity contribution in [2.45, 2.75) is 131 Å². The standard InChI is InChI=1S/C39H58O5S/c1-25(2)29-16-21-39(24-43-45(41,42)28-12-10-26(3)11-13-28)23-22-37(8)30(34(29)39)14-15-32-36(7)19-18-33(44-27(4)40)35(5,6)31(36)17-20-38(32,37)9/h10-13,29-34H,1,14-24H2,2-9H3/t29-,30-,31+,32+,33+,34?,36+,37+,38-,39-/m0/s1. The van der Waals surface area contributed by atoms with Crippen LogP contribution in [0.1, 0.15) is 118 Å². The van der Waals surface area contributed by atoms with Gasteiger partial charge in [-0.2, -0.15) is 8.42 Å². The fraction of sp³-hybridized carbons (Fsp3) is 0.769. The molecule has 5 fully saturated rings. The van der Waals surface area contributed by atoms with E-state index in [4.69, 9.17) is 8.92 Å². The van der Waals surface area contributed by atoms with Gasteiger partial charge in [0.2, 0.25) is 0 Å². The number of ether oxygens (including phenoxy) is 1. The topological polar surface area (TPSA) is 69.7 Å². The molecule has 5 aliphatic carbocycles. The van der Waals surface area contributed by atoms with E-state index in [1.54, 1.807) is 19.1 Å². The molecule has 6 heteroatoms. The van der Waals surface area contributed by atoms with Crippen molar-refractivity contribution in [3.63, 3.8) is 0 Å². The van der Waals surface area contributed by atoms with E-state index in [9.17, 15) is 13.2 Å². The molecule has 5 saturated carbocycles. The largest absolute Gasteiger partial charge is 0.462 e. The minimum absolute atomic E-state index is 0.00865. The molecule has 1 unspecified atom stereocenters. The molecule has 250 valence electrons. The first-order valence-corrected chi connectivity index (χ1v) is 19.1. The highest BCUT2D eigenvalue weighted by molar-refractivity contribution is 7.86. The highest BCUT2D eigenvalue weighted by Gasteiger charge is 2.71. The van der Waals surface area contributed by atoms with Crippen LogP contribution in [0.3, 0.4) is 0 Å². The van der Waals surface area contributed by atoms with Gasteiger partial charge in [-0.25, -0.2) is 0 Å². The molecule has 0 aromatic heterocycles. The molecule has 10 atom stereocenters. The number of carbonyl (C=O) groups is 1. The van der Waals surface area contributed by atoms with Crippen molar-refractivity contribution in [2.75, 3.05) is 6.61 Å². The van der Waals surface area contributed by atoms with Crippen LogP contribution >= 0.6 is 0 Å². The highest BCUT2D eigenvalue weighted by Crippen LogP contribution is 2.77. The third kappa shape index (κ3) is 4.92. The van der Waals surface area contributed by atoms with Gasteiger partial charge in [0, 0.05) is 12.3 Å². The van der Waals surface area contributed by atoms with Crippen molar-refractivity contribution in [3.05, 3.63) is 42.0 Å². The van der Waals surface area contributed by atoms with E-state index >= 15 is 0 Å². The summed E-state index contributed by atoms with van der Waals surface area (Å²) in [6.45, 7) is 23.0. The quantitative estimate of drug-likeness (QED) is 0.176. The normalized spacial score (nSPS) is 43.7. The van der Waals surface area contributed by atoms with Crippen LogP contribution in [0, 0.1) is 63.6 Å². The number of hydrogen-bond donors (Lipinski definition) is 0. The number of benzene rings is 1. The van der Waals surface area contributed by atoms with Crippen LogP contribution in [-0.2, 0) is 23.8 Å². The fourth-order valence-electron chi connectivity index (χ4n) is 12.9. The number of allylic oxidation sites excluding steroid dienone is 1. The summed E-state index contributed by atoms with van der Waals surface area (Å²) in [6.07, 6.45) is 11.1. The summed E-state index contributed by atoms with van der Waals surface area (Å²) in [5.41, 5.74) is 2.69. The number of esters is 1. The van der Waals surface area contributed by atoms with Crippen LogP contribution in [-0.4, -0.2) is 27.1 Å². The summed E-state index contributed by atoms with van der Waals surface area (Å²) < 4.78 is 38.8. The maximum Gasteiger partial charge on any atom is 0.302 e. The second-order valence-corrected chi connectivity index (χ2v) is 19.2. The number of hydrogen-bond acceptors (Lipinski definition) is 5. The van der Waals surface area contributed by atoms with Crippen molar-refractivity contribution < 1.29 is 22.1 Å². The molecule has 0 bridgehead atoms. The summed E-state index contributed by atoms with van der Waals surface area (Å²) >= 11 is 0. The first-order chi connectivity index (χ1) is 20.9. The van der Waals surface area contributed by atoms with Gasteiger partial charge in [0.05, 0.1) is 11.5 Å². The smallest absolute Gasteiger partial charge is 0.302 e. The van der Waals surface area contributed by atoms with Gasteiger partial charge in [-0.1, -0.05) is 64.5 Å². The minimum atomic E-state index is -3.83. The molecule has 6 rings (SSSR count). The highest BCUT2D eigenvalue weighted by atomic mass is 32.2. The van der Waals surface area contributed by atoms with Crippen molar-refractivity contribution in [1.82, 2.24) is 0 Å². The zero-order valence-electron chi connectivity index (χ0n) is 29.2. The van der Waals surface area contributed by atoms with E-state index in [1.165, 1.54) is 31.3 Å². The number of fused-ring (bicyclic) bond motifs is 7. The molecule has 0 amide bonds. The third-order valence-electron chi connectivity index (χ3n) is 15.3. The van der Waals surface area contributed by atoms with Gasteiger partial charge in [0.15, 0.2) is 0 Å². The Morgan fingerprint density at radius 3 is 2.18 bits per heavy atom. The molecule has 5 nitrogen and oxygen atoms in total. The molecule has 1 aromatic rings.